The fourth-order valence-corrected chi connectivity index (χ4v) is 6.12. The SMILES string of the molecule is Cc1noc(C)c1S(=O)(=O)Nc1ccc2c(c1)C(=O)N([C@H](C)CO)C[C@H](C)[C@@H](CN(C)Cc1ccncc1)O2. The zero-order chi connectivity index (χ0) is 28.3. The maximum absolute atomic E-state index is 13.7. The standard InChI is InChI=1S/C27H35N5O6S/c1-17-13-32(18(2)16-33)27(34)23-12-22(30-39(35,36)26-19(3)29-38-20(26)4)6-7-24(23)37-25(17)15-31(5)14-21-8-10-28-11-9-21/h6-12,17-18,25,30,33H,13-16H2,1-5H3/t17-,18+,25+/m0/s1. The van der Waals surface area contributed by atoms with Crippen molar-refractivity contribution in [3.8, 4) is 5.75 Å². The van der Waals surface area contributed by atoms with E-state index in [1.165, 1.54) is 13.0 Å². The van der Waals surface area contributed by atoms with Crippen LogP contribution in [0.5, 0.6) is 5.75 Å². The van der Waals surface area contributed by atoms with Gasteiger partial charge in [-0.25, -0.2) is 8.42 Å². The van der Waals surface area contributed by atoms with E-state index in [-0.39, 0.29) is 52.1 Å². The number of carbonyl (C=O) groups excluding carboxylic acids is 1. The molecule has 0 saturated carbocycles. The lowest BCUT2D eigenvalue weighted by Crippen LogP contribution is -2.49. The number of carbonyl (C=O) groups is 1. The molecule has 1 aliphatic heterocycles. The highest BCUT2D eigenvalue weighted by Gasteiger charge is 2.34. The molecule has 0 saturated heterocycles. The molecule has 0 fully saturated rings. The van der Waals surface area contributed by atoms with Gasteiger partial charge in [-0.1, -0.05) is 12.1 Å². The number of aromatic nitrogens is 2. The van der Waals surface area contributed by atoms with Gasteiger partial charge in [-0.05, 0) is 63.7 Å². The quantitative estimate of drug-likeness (QED) is 0.407. The van der Waals surface area contributed by atoms with E-state index >= 15 is 0 Å². The van der Waals surface area contributed by atoms with Gasteiger partial charge in [0.15, 0.2) is 10.7 Å². The number of benzene rings is 1. The van der Waals surface area contributed by atoms with Crippen LogP contribution >= 0.6 is 0 Å². The first kappa shape index (κ1) is 28.5. The Morgan fingerprint density at radius 2 is 1.95 bits per heavy atom. The highest BCUT2D eigenvalue weighted by Crippen LogP contribution is 2.32. The molecule has 0 radical (unpaired) electrons. The van der Waals surface area contributed by atoms with Crippen LogP contribution in [0, 0.1) is 19.8 Å². The molecule has 3 atom stereocenters. The number of anilines is 1. The average molecular weight is 558 g/mol. The van der Waals surface area contributed by atoms with E-state index in [2.05, 4.69) is 19.8 Å². The van der Waals surface area contributed by atoms with Gasteiger partial charge in [0.05, 0.1) is 18.2 Å². The predicted molar refractivity (Wildman–Crippen MR) is 145 cm³/mol. The molecule has 1 aromatic carbocycles. The van der Waals surface area contributed by atoms with Crippen LogP contribution in [0.2, 0.25) is 0 Å². The Morgan fingerprint density at radius 3 is 2.59 bits per heavy atom. The van der Waals surface area contributed by atoms with Crippen molar-refractivity contribution in [2.45, 2.75) is 51.3 Å². The minimum Gasteiger partial charge on any atom is -0.488 e. The average Bonchev–Trinajstić information content (AvgIpc) is 3.25. The molecule has 3 aromatic rings. The van der Waals surface area contributed by atoms with E-state index in [9.17, 15) is 18.3 Å². The monoisotopic (exact) mass is 557 g/mol. The fraction of sp³-hybridized carbons (Fsp3) is 0.444. The van der Waals surface area contributed by atoms with Crippen molar-refractivity contribution >= 4 is 21.6 Å². The molecule has 12 heteroatoms. The Morgan fingerprint density at radius 1 is 1.23 bits per heavy atom. The van der Waals surface area contributed by atoms with Gasteiger partial charge in [0.2, 0.25) is 0 Å². The first-order valence-corrected chi connectivity index (χ1v) is 14.2. The van der Waals surface area contributed by atoms with Crippen molar-refractivity contribution in [1.82, 2.24) is 19.9 Å². The van der Waals surface area contributed by atoms with Crippen molar-refractivity contribution in [3.05, 3.63) is 65.3 Å². The van der Waals surface area contributed by atoms with Crippen molar-refractivity contribution in [1.29, 1.82) is 0 Å². The van der Waals surface area contributed by atoms with Gasteiger partial charge >= 0.3 is 0 Å². The number of rotatable bonds is 9. The number of pyridine rings is 1. The zero-order valence-corrected chi connectivity index (χ0v) is 23.6. The summed E-state index contributed by atoms with van der Waals surface area (Å²) >= 11 is 0. The molecule has 1 aliphatic rings. The smallest absolute Gasteiger partial charge is 0.267 e. The zero-order valence-electron chi connectivity index (χ0n) is 22.8. The second-order valence-corrected chi connectivity index (χ2v) is 11.8. The fourth-order valence-electron chi connectivity index (χ4n) is 4.74. The Bertz CT molecular complexity index is 1390. The Kier molecular flexibility index (Phi) is 8.57. The Balaban J connectivity index is 1.65. The van der Waals surface area contributed by atoms with Crippen molar-refractivity contribution in [2.75, 3.05) is 31.5 Å². The first-order valence-electron chi connectivity index (χ1n) is 12.8. The normalized spacial score (nSPS) is 18.7. The molecule has 0 spiro atoms. The molecule has 0 unspecified atom stereocenters. The highest BCUT2D eigenvalue weighted by molar-refractivity contribution is 7.92. The van der Waals surface area contributed by atoms with E-state index in [0.717, 1.165) is 5.56 Å². The van der Waals surface area contributed by atoms with Gasteiger partial charge < -0.3 is 19.3 Å². The molecule has 11 nitrogen and oxygen atoms in total. The topological polar surface area (TPSA) is 138 Å². The number of hydrogen-bond acceptors (Lipinski definition) is 9. The number of aliphatic hydroxyl groups is 1. The van der Waals surface area contributed by atoms with Crippen LogP contribution < -0.4 is 9.46 Å². The number of likely N-dealkylation sites (N-methyl/N-ethyl adjacent to an activating group) is 1. The van der Waals surface area contributed by atoms with Gasteiger partial charge in [0, 0.05) is 43.6 Å². The lowest BCUT2D eigenvalue weighted by Gasteiger charge is -2.38. The van der Waals surface area contributed by atoms with Gasteiger partial charge in [0.1, 0.15) is 17.5 Å². The molecule has 39 heavy (non-hydrogen) atoms. The largest absolute Gasteiger partial charge is 0.488 e. The van der Waals surface area contributed by atoms with E-state index in [1.807, 2.05) is 26.1 Å². The molecule has 0 aliphatic carbocycles. The van der Waals surface area contributed by atoms with Crippen LogP contribution in [0.25, 0.3) is 0 Å². The molecule has 0 bridgehead atoms. The summed E-state index contributed by atoms with van der Waals surface area (Å²) in [5.74, 6) is 0.125. The van der Waals surface area contributed by atoms with Crippen LogP contribution in [-0.2, 0) is 16.6 Å². The number of amides is 1. The van der Waals surface area contributed by atoms with E-state index in [0.29, 0.717) is 25.4 Å². The maximum atomic E-state index is 13.7. The van der Waals surface area contributed by atoms with Gasteiger partial charge in [-0.2, -0.15) is 0 Å². The van der Waals surface area contributed by atoms with Crippen LogP contribution in [0.3, 0.4) is 0 Å². The Hall–Kier alpha value is -3.48. The third-order valence-corrected chi connectivity index (χ3v) is 8.47. The number of aryl methyl sites for hydroxylation is 2. The summed E-state index contributed by atoms with van der Waals surface area (Å²) in [6.45, 7) is 8.30. The van der Waals surface area contributed by atoms with Gasteiger partial charge in [0.25, 0.3) is 15.9 Å². The van der Waals surface area contributed by atoms with E-state index in [1.54, 1.807) is 43.3 Å². The third-order valence-electron chi connectivity index (χ3n) is 6.85. The van der Waals surface area contributed by atoms with Crippen molar-refractivity contribution < 1.29 is 27.6 Å². The lowest BCUT2D eigenvalue weighted by atomic mass is 9.99. The molecule has 3 heterocycles. The number of sulfonamides is 1. The van der Waals surface area contributed by atoms with E-state index < -0.39 is 16.1 Å². The number of ether oxygens (including phenoxy) is 1. The van der Waals surface area contributed by atoms with E-state index in [4.69, 9.17) is 9.26 Å². The molecule has 210 valence electrons. The number of nitrogens with one attached hydrogen (secondary N) is 1. The molecule has 2 N–H and O–H groups in total. The third kappa shape index (κ3) is 6.40. The van der Waals surface area contributed by atoms with Gasteiger partial charge in [-0.15, -0.1) is 0 Å². The number of aliphatic hydroxyl groups excluding tert-OH is 1. The second-order valence-electron chi connectivity index (χ2n) is 10.1. The van der Waals surface area contributed by atoms with Crippen molar-refractivity contribution in [2.24, 2.45) is 5.92 Å². The summed E-state index contributed by atoms with van der Waals surface area (Å²) in [5, 5.41) is 13.6. The first-order chi connectivity index (χ1) is 18.5. The summed E-state index contributed by atoms with van der Waals surface area (Å²) in [5.41, 5.74) is 1.76. The minimum absolute atomic E-state index is 0.0431. The van der Waals surface area contributed by atoms with Crippen LogP contribution in [0.15, 0.2) is 52.1 Å². The second kappa shape index (κ2) is 11.7. The molecular weight excluding hydrogens is 522 g/mol. The van der Waals surface area contributed by atoms with Crippen molar-refractivity contribution in [3.63, 3.8) is 0 Å². The lowest BCUT2D eigenvalue weighted by molar-refractivity contribution is 0.0341. The summed E-state index contributed by atoms with van der Waals surface area (Å²) in [7, 11) is -2.01. The molecular formula is C27H35N5O6S. The maximum Gasteiger partial charge on any atom is 0.267 e. The summed E-state index contributed by atoms with van der Waals surface area (Å²) < 4.78 is 40.1. The highest BCUT2D eigenvalue weighted by atomic mass is 32.2. The Labute approximate surface area is 228 Å². The number of hydrogen-bond donors (Lipinski definition) is 2. The predicted octanol–water partition coefficient (Wildman–Crippen LogP) is 2.84. The molecule has 2 aromatic heterocycles. The van der Waals surface area contributed by atoms with Crippen LogP contribution in [0.1, 0.15) is 41.2 Å². The number of nitrogens with zero attached hydrogens (tertiary/aromatic N) is 4. The number of fused-ring (bicyclic) bond motifs is 1. The summed E-state index contributed by atoms with van der Waals surface area (Å²) in [6.07, 6.45) is 3.24. The van der Waals surface area contributed by atoms with Crippen LogP contribution in [0.4, 0.5) is 5.69 Å². The minimum atomic E-state index is -4.01. The van der Waals surface area contributed by atoms with Gasteiger partial charge in [-0.3, -0.25) is 19.4 Å². The summed E-state index contributed by atoms with van der Waals surface area (Å²) in [6, 6.07) is 8.12. The molecule has 1 amide bonds. The summed E-state index contributed by atoms with van der Waals surface area (Å²) in [4.78, 5) is 21.5. The van der Waals surface area contributed by atoms with Crippen LogP contribution in [-0.4, -0.2) is 78.3 Å². The molecule has 4 rings (SSSR count).